The Kier molecular flexibility index (Phi) is 10.7. The molecule has 0 saturated carbocycles. The van der Waals surface area contributed by atoms with E-state index in [1.165, 1.54) is 0 Å². The van der Waals surface area contributed by atoms with Gasteiger partial charge in [0.15, 0.2) is 0 Å². The van der Waals surface area contributed by atoms with Gasteiger partial charge in [-0.1, -0.05) is 0 Å². The SMILES string of the molecule is N.O=S(=O)(O)O.[SnH2]. The summed E-state index contributed by atoms with van der Waals surface area (Å²) in [4.78, 5) is 0. The molecule has 7 heavy (non-hydrogen) atoms. The zero-order valence-corrected chi connectivity index (χ0v) is 8.39. The Morgan fingerprint density at radius 3 is 1.14 bits per heavy atom. The van der Waals surface area contributed by atoms with Gasteiger partial charge in [0.1, 0.15) is 0 Å². The fraction of sp³-hybridized carbons (Fsp3) is 0. The molecule has 0 fully saturated rings. The van der Waals surface area contributed by atoms with E-state index < -0.39 is 10.4 Å². The molecule has 0 aliphatic carbocycles. The number of hydrogen-bond acceptors (Lipinski definition) is 3. The minimum atomic E-state index is -4.67. The van der Waals surface area contributed by atoms with Crippen molar-refractivity contribution in [2.24, 2.45) is 0 Å². The van der Waals surface area contributed by atoms with Crippen LogP contribution in [0.3, 0.4) is 0 Å². The monoisotopic (exact) mass is 237 g/mol. The van der Waals surface area contributed by atoms with E-state index in [1.807, 2.05) is 0 Å². The first kappa shape index (κ1) is 15.6. The van der Waals surface area contributed by atoms with Crippen molar-refractivity contribution in [1.29, 1.82) is 0 Å². The van der Waals surface area contributed by atoms with Gasteiger partial charge in [0, 0.05) is 0 Å². The maximum absolute atomic E-state index is 8.74. The predicted octanol–water partition coefficient (Wildman–Crippen LogP) is -1.41. The van der Waals surface area contributed by atoms with Crippen LogP contribution in [-0.2, 0) is 10.4 Å². The van der Waals surface area contributed by atoms with Gasteiger partial charge in [0.2, 0.25) is 0 Å². The van der Waals surface area contributed by atoms with Gasteiger partial charge in [-0.25, -0.2) is 0 Å². The Morgan fingerprint density at radius 2 is 1.14 bits per heavy atom. The fourth-order valence-electron chi connectivity index (χ4n) is 0. The zero-order chi connectivity index (χ0) is 4.50. The average molecular weight is 236 g/mol. The summed E-state index contributed by atoms with van der Waals surface area (Å²) in [5.74, 6) is 0. The molecule has 5 nitrogen and oxygen atoms in total. The van der Waals surface area contributed by atoms with Crippen LogP contribution in [-0.4, -0.2) is 41.4 Å². The first-order valence-corrected chi connectivity index (χ1v) is 2.10. The Balaban J connectivity index is -0.0000000800. The second kappa shape index (κ2) is 4.78. The van der Waals surface area contributed by atoms with Crippen LogP contribution < -0.4 is 6.15 Å². The van der Waals surface area contributed by atoms with E-state index in [-0.39, 0.29) is 30.1 Å². The standard InChI is InChI=1S/H3N.H2O4S.Sn.2H/c;1-5(2,3)4;;;/h1H3;(H2,1,2,3,4);;;. The molecule has 0 aliphatic heterocycles. The van der Waals surface area contributed by atoms with E-state index >= 15 is 0 Å². The first-order valence-electron chi connectivity index (χ1n) is 0.698. The first-order chi connectivity index (χ1) is 2.00. The second-order valence-corrected chi connectivity index (χ2v) is 1.34. The molecule has 46 valence electrons. The minimum absolute atomic E-state index is 0. The van der Waals surface area contributed by atoms with Crippen LogP contribution in [0.4, 0.5) is 0 Å². The number of rotatable bonds is 0. The Hall–Kier alpha value is 0.629. The molecule has 0 atom stereocenters. The van der Waals surface area contributed by atoms with E-state index in [2.05, 4.69) is 0 Å². The van der Waals surface area contributed by atoms with Crippen molar-refractivity contribution in [3.8, 4) is 0 Å². The molecule has 0 aliphatic rings. The predicted molar refractivity (Wildman–Crippen MR) is 27.7 cm³/mol. The summed E-state index contributed by atoms with van der Waals surface area (Å²) in [6, 6.07) is 0. The van der Waals surface area contributed by atoms with Crippen LogP contribution in [0.5, 0.6) is 0 Å². The molecule has 0 unspecified atom stereocenters. The van der Waals surface area contributed by atoms with E-state index in [1.54, 1.807) is 0 Å². The quantitative estimate of drug-likeness (QED) is 0.353. The van der Waals surface area contributed by atoms with E-state index in [4.69, 9.17) is 17.5 Å². The molecule has 2 radical (unpaired) electrons. The molecule has 7 heteroatoms. The molecular weight excluding hydrogens is 229 g/mol. The summed E-state index contributed by atoms with van der Waals surface area (Å²) in [6.07, 6.45) is 0. The molecule has 0 heterocycles. The molecule has 0 rings (SSSR count). The third-order valence-corrected chi connectivity index (χ3v) is 0. The number of hydrogen-bond donors (Lipinski definition) is 3. The molecule has 0 aromatic rings. The third-order valence-electron chi connectivity index (χ3n) is 0. The van der Waals surface area contributed by atoms with Crippen molar-refractivity contribution < 1.29 is 17.5 Å². The fourth-order valence-corrected chi connectivity index (χ4v) is 0. The van der Waals surface area contributed by atoms with Gasteiger partial charge in [-0.05, 0) is 0 Å². The van der Waals surface area contributed by atoms with Crippen molar-refractivity contribution in [3.05, 3.63) is 0 Å². The molecule has 0 amide bonds. The molecular formula is H7NO4SSn. The van der Waals surface area contributed by atoms with Crippen LogP contribution in [0.25, 0.3) is 0 Å². The Bertz CT molecular complexity index is 94.9. The molecule has 0 spiro atoms. The van der Waals surface area contributed by atoms with E-state index in [0.29, 0.717) is 0 Å². The van der Waals surface area contributed by atoms with Gasteiger partial charge in [-0.2, -0.15) is 8.42 Å². The molecule has 5 N–H and O–H groups in total. The van der Waals surface area contributed by atoms with Crippen molar-refractivity contribution in [2.75, 3.05) is 0 Å². The van der Waals surface area contributed by atoms with Crippen LogP contribution in [0.2, 0.25) is 0 Å². The van der Waals surface area contributed by atoms with Crippen LogP contribution in [0.15, 0.2) is 0 Å². The zero-order valence-electron chi connectivity index (χ0n) is 3.53. The third kappa shape index (κ3) is 359. The van der Waals surface area contributed by atoms with E-state index in [9.17, 15) is 0 Å². The normalized spacial score (nSPS) is 8.29. The molecule has 0 bridgehead atoms. The molecule has 0 saturated heterocycles. The van der Waals surface area contributed by atoms with Gasteiger partial charge >= 0.3 is 34.3 Å². The summed E-state index contributed by atoms with van der Waals surface area (Å²) >= 11 is 0. The summed E-state index contributed by atoms with van der Waals surface area (Å²) in [5, 5.41) is 0. The summed E-state index contributed by atoms with van der Waals surface area (Å²) in [7, 11) is -4.67. The van der Waals surface area contributed by atoms with Gasteiger partial charge in [-0.15, -0.1) is 0 Å². The van der Waals surface area contributed by atoms with Crippen molar-refractivity contribution in [3.63, 3.8) is 0 Å². The van der Waals surface area contributed by atoms with Crippen molar-refractivity contribution in [1.82, 2.24) is 6.15 Å². The van der Waals surface area contributed by atoms with Crippen LogP contribution in [0, 0.1) is 0 Å². The topological polar surface area (TPSA) is 110 Å². The van der Waals surface area contributed by atoms with E-state index in [0.717, 1.165) is 0 Å². The second-order valence-electron chi connectivity index (χ2n) is 0.448. The van der Waals surface area contributed by atoms with Gasteiger partial charge in [0.05, 0.1) is 0 Å². The van der Waals surface area contributed by atoms with Crippen LogP contribution in [0.1, 0.15) is 0 Å². The average Bonchev–Trinajstić information content (AvgIpc) is 0.722. The maximum atomic E-state index is 8.74. The van der Waals surface area contributed by atoms with Crippen molar-refractivity contribution in [2.45, 2.75) is 0 Å². The summed E-state index contributed by atoms with van der Waals surface area (Å²) < 4.78 is 31.6. The van der Waals surface area contributed by atoms with Crippen LogP contribution >= 0.6 is 0 Å². The van der Waals surface area contributed by atoms with Crippen molar-refractivity contribution >= 4 is 34.3 Å². The molecule has 0 aromatic heterocycles. The molecule has 0 aromatic carbocycles. The summed E-state index contributed by atoms with van der Waals surface area (Å²) in [6.45, 7) is 0. The van der Waals surface area contributed by atoms with Gasteiger partial charge in [0.25, 0.3) is 0 Å². The Labute approximate surface area is 58.2 Å². The van der Waals surface area contributed by atoms with Gasteiger partial charge < -0.3 is 6.15 Å². The van der Waals surface area contributed by atoms with Gasteiger partial charge in [-0.3, -0.25) is 9.11 Å². The summed E-state index contributed by atoms with van der Waals surface area (Å²) in [5.41, 5.74) is 0. The Morgan fingerprint density at radius 1 is 1.14 bits per heavy atom.